The molecule has 1 aliphatic rings. The van der Waals surface area contributed by atoms with Gasteiger partial charge in [-0.15, -0.1) is 0 Å². The average Bonchev–Trinajstić information content (AvgIpc) is 2.86. The molecule has 0 saturated carbocycles. The van der Waals surface area contributed by atoms with Crippen LogP contribution >= 0.6 is 0 Å². The number of aromatic nitrogens is 2. The van der Waals surface area contributed by atoms with E-state index in [1.807, 2.05) is 28.8 Å². The third-order valence-corrected chi connectivity index (χ3v) is 3.96. The monoisotopic (exact) mass is 288 g/mol. The molecule has 1 saturated heterocycles. The van der Waals surface area contributed by atoms with Crippen LogP contribution in [0.2, 0.25) is 0 Å². The quantitative estimate of drug-likeness (QED) is 0.881. The van der Waals surface area contributed by atoms with Crippen molar-refractivity contribution in [2.45, 2.75) is 32.4 Å². The SMILES string of the molecule is CC(=O)NC1CCN(c2nc3ccccn3c2CO)CC1. The second kappa shape index (κ2) is 5.73. The largest absolute Gasteiger partial charge is 0.390 e. The van der Waals surface area contributed by atoms with E-state index in [1.54, 1.807) is 6.92 Å². The lowest BCUT2D eigenvalue weighted by molar-refractivity contribution is -0.119. The number of amides is 1. The zero-order valence-electron chi connectivity index (χ0n) is 12.1. The van der Waals surface area contributed by atoms with Gasteiger partial charge in [0.05, 0.1) is 12.3 Å². The van der Waals surface area contributed by atoms with Gasteiger partial charge < -0.3 is 15.3 Å². The Morgan fingerprint density at radius 1 is 1.43 bits per heavy atom. The molecule has 2 aromatic rings. The van der Waals surface area contributed by atoms with Crippen molar-refractivity contribution in [2.24, 2.45) is 0 Å². The number of carbonyl (C=O) groups excluding carboxylic acids is 1. The third kappa shape index (κ3) is 2.71. The molecule has 0 aromatic carbocycles. The Morgan fingerprint density at radius 2 is 2.19 bits per heavy atom. The first kappa shape index (κ1) is 13.9. The molecule has 2 N–H and O–H groups in total. The summed E-state index contributed by atoms with van der Waals surface area (Å²) in [6, 6.07) is 6.05. The van der Waals surface area contributed by atoms with Crippen LogP contribution in [0.4, 0.5) is 5.82 Å². The van der Waals surface area contributed by atoms with Crippen LogP contribution in [0.3, 0.4) is 0 Å². The van der Waals surface area contributed by atoms with Crippen LogP contribution in [0.15, 0.2) is 24.4 Å². The van der Waals surface area contributed by atoms with E-state index < -0.39 is 0 Å². The van der Waals surface area contributed by atoms with Gasteiger partial charge in [0.2, 0.25) is 5.91 Å². The van der Waals surface area contributed by atoms with Crippen molar-refractivity contribution >= 4 is 17.4 Å². The van der Waals surface area contributed by atoms with Crippen molar-refractivity contribution in [3.05, 3.63) is 30.1 Å². The van der Waals surface area contributed by atoms with E-state index in [0.717, 1.165) is 43.1 Å². The number of nitrogens with zero attached hydrogens (tertiary/aromatic N) is 3. The van der Waals surface area contributed by atoms with E-state index in [1.165, 1.54) is 0 Å². The van der Waals surface area contributed by atoms with Crippen molar-refractivity contribution in [3.8, 4) is 0 Å². The van der Waals surface area contributed by atoms with Crippen molar-refractivity contribution < 1.29 is 9.90 Å². The van der Waals surface area contributed by atoms with Gasteiger partial charge in [0.1, 0.15) is 5.65 Å². The summed E-state index contributed by atoms with van der Waals surface area (Å²) >= 11 is 0. The second-order valence-electron chi connectivity index (χ2n) is 5.43. The van der Waals surface area contributed by atoms with Gasteiger partial charge in [-0.2, -0.15) is 0 Å². The summed E-state index contributed by atoms with van der Waals surface area (Å²) in [7, 11) is 0. The van der Waals surface area contributed by atoms with Gasteiger partial charge in [-0.3, -0.25) is 9.20 Å². The minimum atomic E-state index is -0.0356. The van der Waals surface area contributed by atoms with Gasteiger partial charge in [-0.05, 0) is 25.0 Å². The minimum Gasteiger partial charge on any atom is -0.390 e. The van der Waals surface area contributed by atoms with Gasteiger partial charge in [-0.1, -0.05) is 6.07 Å². The first-order valence-corrected chi connectivity index (χ1v) is 7.28. The van der Waals surface area contributed by atoms with Gasteiger partial charge in [0.25, 0.3) is 0 Å². The molecule has 1 aliphatic heterocycles. The summed E-state index contributed by atoms with van der Waals surface area (Å²) in [4.78, 5) is 17.9. The highest BCUT2D eigenvalue weighted by Crippen LogP contribution is 2.25. The number of carbonyl (C=O) groups is 1. The summed E-state index contributed by atoms with van der Waals surface area (Å²) in [5, 5.41) is 12.6. The number of aliphatic hydroxyl groups excluding tert-OH is 1. The molecule has 1 amide bonds. The Bertz CT molecular complexity index is 644. The predicted octanol–water partition coefficient (Wildman–Crippen LogP) is 0.931. The molecule has 0 atom stereocenters. The van der Waals surface area contributed by atoms with Crippen LogP contribution in [-0.2, 0) is 11.4 Å². The van der Waals surface area contributed by atoms with Gasteiger partial charge in [0.15, 0.2) is 5.82 Å². The summed E-state index contributed by atoms with van der Waals surface area (Å²) < 4.78 is 1.93. The third-order valence-electron chi connectivity index (χ3n) is 3.96. The normalized spacial score (nSPS) is 16.4. The van der Waals surface area contributed by atoms with E-state index >= 15 is 0 Å². The minimum absolute atomic E-state index is 0.0252. The Kier molecular flexibility index (Phi) is 3.79. The van der Waals surface area contributed by atoms with Crippen molar-refractivity contribution in [1.29, 1.82) is 0 Å². The highest BCUT2D eigenvalue weighted by molar-refractivity contribution is 5.73. The molecule has 0 bridgehead atoms. The first-order valence-electron chi connectivity index (χ1n) is 7.28. The average molecular weight is 288 g/mol. The molecule has 0 unspecified atom stereocenters. The number of anilines is 1. The summed E-state index contributed by atoms with van der Waals surface area (Å²) in [5.41, 5.74) is 1.67. The van der Waals surface area contributed by atoms with E-state index in [-0.39, 0.29) is 18.6 Å². The zero-order valence-corrected chi connectivity index (χ0v) is 12.1. The van der Waals surface area contributed by atoms with Crippen LogP contribution in [0.25, 0.3) is 5.65 Å². The van der Waals surface area contributed by atoms with E-state index in [0.29, 0.717) is 0 Å². The van der Waals surface area contributed by atoms with Crippen LogP contribution in [-0.4, -0.2) is 39.5 Å². The second-order valence-corrected chi connectivity index (χ2v) is 5.43. The number of rotatable bonds is 3. The summed E-state index contributed by atoms with van der Waals surface area (Å²) in [5.74, 6) is 0.877. The Hall–Kier alpha value is -2.08. The molecule has 0 aliphatic carbocycles. The fraction of sp³-hybridized carbons (Fsp3) is 0.467. The fourth-order valence-electron chi connectivity index (χ4n) is 2.96. The molecule has 2 aromatic heterocycles. The van der Waals surface area contributed by atoms with Gasteiger partial charge in [-0.25, -0.2) is 4.98 Å². The highest BCUT2D eigenvalue weighted by atomic mass is 16.3. The number of hydrogen-bond donors (Lipinski definition) is 2. The van der Waals surface area contributed by atoms with E-state index in [4.69, 9.17) is 0 Å². The van der Waals surface area contributed by atoms with Crippen LogP contribution in [0.5, 0.6) is 0 Å². The summed E-state index contributed by atoms with van der Waals surface area (Å²) in [6.07, 6.45) is 3.72. The number of imidazole rings is 1. The highest BCUT2D eigenvalue weighted by Gasteiger charge is 2.24. The number of aliphatic hydroxyl groups is 1. The smallest absolute Gasteiger partial charge is 0.217 e. The van der Waals surface area contributed by atoms with Crippen LogP contribution in [0.1, 0.15) is 25.5 Å². The topological polar surface area (TPSA) is 69.9 Å². The molecule has 1 fully saturated rings. The molecular weight excluding hydrogens is 268 g/mol. The number of fused-ring (bicyclic) bond motifs is 1. The van der Waals surface area contributed by atoms with Gasteiger partial charge in [0, 0.05) is 32.3 Å². The van der Waals surface area contributed by atoms with Crippen LogP contribution in [0, 0.1) is 0 Å². The number of nitrogens with one attached hydrogen (secondary N) is 1. The zero-order chi connectivity index (χ0) is 14.8. The van der Waals surface area contributed by atoms with E-state index in [2.05, 4.69) is 15.2 Å². The maximum absolute atomic E-state index is 11.1. The maximum atomic E-state index is 11.1. The Labute approximate surface area is 123 Å². The van der Waals surface area contributed by atoms with Gasteiger partial charge >= 0.3 is 0 Å². The predicted molar refractivity (Wildman–Crippen MR) is 80.2 cm³/mol. The molecule has 3 rings (SSSR count). The van der Waals surface area contributed by atoms with Crippen LogP contribution < -0.4 is 10.2 Å². The molecule has 6 nitrogen and oxygen atoms in total. The van der Waals surface area contributed by atoms with Crippen molar-refractivity contribution in [1.82, 2.24) is 14.7 Å². The number of hydrogen-bond acceptors (Lipinski definition) is 4. The molecule has 6 heteroatoms. The molecule has 0 radical (unpaired) electrons. The molecular formula is C15H20N4O2. The van der Waals surface area contributed by atoms with Crippen molar-refractivity contribution in [3.63, 3.8) is 0 Å². The van der Waals surface area contributed by atoms with Crippen molar-refractivity contribution in [2.75, 3.05) is 18.0 Å². The first-order chi connectivity index (χ1) is 10.2. The number of piperidine rings is 1. The number of pyridine rings is 1. The lowest BCUT2D eigenvalue weighted by Gasteiger charge is -2.32. The lowest BCUT2D eigenvalue weighted by Crippen LogP contribution is -2.44. The molecule has 0 spiro atoms. The summed E-state index contributed by atoms with van der Waals surface area (Å²) in [6.45, 7) is 3.19. The molecule has 3 heterocycles. The Morgan fingerprint density at radius 3 is 2.86 bits per heavy atom. The molecule has 21 heavy (non-hydrogen) atoms. The van der Waals surface area contributed by atoms with E-state index in [9.17, 15) is 9.90 Å². The standard InChI is InChI=1S/C15H20N4O2/c1-11(21)16-12-5-8-18(9-6-12)15-13(10-20)19-7-3-2-4-14(19)17-15/h2-4,7,12,20H,5-6,8-10H2,1H3,(H,16,21). The maximum Gasteiger partial charge on any atom is 0.217 e. The molecule has 112 valence electrons. The lowest BCUT2D eigenvalue weighted by atomic mass is 10.0. The fourth-order valence-corrected chi connectivity index (χ4v) is 2.96. The Balaban J connectivity index is 1.80.